The van der Waals surface area contributed by atoms with Crippen molar-refractivity contribution in [2.75, 3.05) is 0 Å². The van der Waals surface area contributed by atoms with Crippen LogP contribution < -0.4 is 0 Å². The third kappa shape index (κ3) is 3.72. The maximum absolute atomic E-state index is 3.70. The Morgan fingerprint density at radius 1 is 0.302 bits per heavy atom. The van der Waals surface area contributed by atoms with Gasteiger partial charge in [-0.2, -0.15) is 0 Å². The summed E-state index contributed by atoms with van der Waals surface area (Å²) in [7, 11) is 0. The molecule has 1 N–H and O–H groups in total. The van der Waals surface area contributed by atoms with E-state index in [2.05, 4.69) is 163 Å². The van der Waals surface area contributed by atoms with Crippen molar-refractivity contribution in [3.05, 3.63) is 158 Å². The van der Waals surface area contributed by atoms with Gasteiger partial charge in [-0.1, -0.05) is 140 Å². The van der Waals surface area contributed by atoms with Crippen LogP contribution in [0.4, 0.5) is 0 Å². The van der Waals surface area contributed by atoms with E-state index in [0.717, 1.165) is 0 Å². The molecule has 200 valence electrons. The van der Waals surface area contributed by atoms with Gasteiger partial charge in [-0.25, -0.2) is 0 Å². The van der Waals surface area contributed by atoms with Crippen LogP contribution >= 0.6 is 0 Å². The minimum atomic E-state index is 1.17. The van der Waals surface area contributed by atoms with Crippen LogP contribution in [0.25, 0.3) is 87.5 Å². The molecule has 0 unspecified atom stereocenters. The van der Waals surface area contributed by atoms with Crippen molar-refractivity contribution in [2.24, 2.45) is 0 Å². The highest BCUT2D eigenvalue weighted by Gasteiger charge is 2.17. The number of rotatable bonds is 3. The summed E-state index contributed by atoms with van der Waals surface area (Å²) in [6.45, 7) is 0. The molecule has 1 heterocycles. The number of hydrogen-bond acceptors (Lipinski definition) is 0. The average Bonchev–Trinajstić information content (AvgIpc) is 3.46. The molecule has 0 saturated heterocycles. The fourth-order valence-electron chi connectivity index (χ4n) is 7.03. The van der Waals surface area contributed by atoms with Crippen molar-refractivity contribution in [2.45, 2.75) is 0 Å². The summed E-state index contributed by atoms with van der Waals surface area (Å²) >= 11 is 0. The summed E-state index contributed by atoms with van der Waals surface area (Å²) < 4.78 is 0. The zero-order chi connectivity index (χ0) is 28.3. The van der Waals surface area contributed by atoms with E-state index >= 15 is 0 Å². The molecule has 1 aromatic heterocycles. The van der Waals surface area contributed by atoms with E-state index in [1.807, 2.05) is 0 Å². The third-order valence-electron chi connectivity index (χ3n) is 8.98. The first-order valence-corrected chi connectivity index (χ1v) is 14.9. The minimum Gasteiger partial charge on any atom is -0.354 e. The Morgan fingerprint density at radius 2 is 0.860 bits per heavy atom. The van der Waals surface area contributed by atoms with E-state index in [4.69, 9.17) is 0 Å². The van der Waals surface area contributed by atoms with Crippen molar-refractivity contribution in [1.29, 1.82) is 0 Å². The lowest BCUT2D eigenvalue weighted by Crippen LogP contribution is -1.91. The molecule has 0 amide bonds. The molecule has 0 fully saturated rings. The number of H-pyrrole nitrogens is 1. The van der Waals surface area contributed by atoms with Crippen LogP contribution in [0.3, 0.4) is 0 Å². The lowest BCUT2D eigenvalue weighted by atomic mass is 9.85. The first kappa shape index (κ1) is 24.0. The molecule has 9 rings (SSSR count). The van der Waals surface area contributed by atoms with Gasteiger partial charge in [-0.15, -0.1) is 0 Å². The number of benzene rings is 8. The molecule has 0 bridgehead atoms. The minimum absolute atomic E-state index is 1.17. The molecule has 43 heavy (non-hydrogen) atoms. The van der Waals surface area contributed by atoms with Gasteiger partial charge < -0.3 is 4.98 Å². The lowest BCUT2D eigenvalue weighted by molar-refractivity contribution is 1.56. The van der Waals surface area contributed by atoms with E-state index in [0.29, 0.717) is 0 Å². The third-order valence-corrected chi connectivity index (χ3v) is 8.98. The number of aromatic amines is 1. The standard InChI is InChI=1S/C42H27N/c1-2-12-28(13-3-1)40-33-17-6-8-19-35(33)41(36-20-9-7-18-34(36)40)31-15-10-14-29(25-31)30-22-24-39-38(26-30)37-23-21-27-11-4-5-16-32(27)42(37)43-39/h1-26,43H. The van der Waals surface area contributed by atoms with Gasteiger partial charge in [0.25, 0.3) is 0 Å². The molecule has 9 aromatic rings. The number of hydrogen-bond donors (Lipinski definition) is 1. The molecule has 0 aliphatic rings. The Bertz CT molecular complexity index is 2440. The van der Waals surface area contributed by atoms with E-state index in [9.17, 15) is 0 Å². The highest BCUT2D eigenvalue weighted by molar-refractivity contribution is 6.22. The normalized spacial score (nSPS) is 11.7. The molecule has 0 aliphatic heterocycles. The summed E-state index contributed by atoms with van der Waals surface area (Å²) in [5, 5.41) is 10.1. The monoisotopic (exact) mass is 545 g/mol. The first-order valence-electron chi connectivity index (χ1n) is 14.9. The predicted molar refractivity (Wildman–Crippen MR) is 185 cm³/mol. The van der Waals surface area contributed by atoms with Crippen molar-refractivity contribution in [3.63, 3.8) is 0 Å². The Kier molecular flexibility index (Phi) is 5.27. The van der Waals surface area contributed by atoms with E-state index in [-0.39, 0.29) is 0 Å². The highest BCUT2D eigenvalue weighted by atomic mass is 14.7. The van der Waals surface area contributed by atoms with Gasteiger partial charge in [0.1, 0.15) is 0 Å². The van der Waals surface area contributed by atoms with E-state index < -0.39 is 0 Å². The molecule has 0 atom stereocenters. The van der Waals surface area contributed by atoms with Crippen LogP contribution in [0.1, 0.15) is 0 Å². The van der Waals surface area contributed by atoms with Gasteiger partial charge in [-0.3, -0.25) is 0 Å². The Labute approximate surface area is 249 Å². The van der Waals surface area contributed by atoms with Gasteiger partial charge in [0.05, 0.1) is 5.52 Å². The van der Waals surface area contributed by atoms with Crippen molar-refractivity contribution >= 4 is 54.1 Å². The zero-order valence-corrected chi connectivity index (χ0v) is 23.5. The second kappa shape index (κ2) is 9.44. The molecule has 8 aromatic carbocycles. The molecular formula is C42H27N. The number of nitrogens with one attached hydrogen (secondary N) is 1. The molecule has 1 nitrogen and oxygen atoms in total. The molecule has 0 radical (unpaired) electrons. The largest absolute Gasteiger partial charge is 0.354 e. The van der Waals surface area contributed by atoms with Crippen LogP contribution in [0.15, 0.2) is 158 Å². The van der Waals surface area contributed by atoms with Gasteiger partial charge in [0.15, 0.2) is 0 Å². The van der Waals surface area contributed by atoms with Crippen molar-refractivity contribution in [1.82, 2.24) is 4.98 Å². The fourth-order valence-corrected chi connectivity index (χ4v) is 7.03. The fraction of sp³-hybridized carbons (Fsp3) is 0. The van der Waals surface area contributed by atoms with Gasteiger partial charge >= 0.3 is 0 Å². The smallest absolute Gasteiger partial charge is 0.0544 e. The first-order chi connectivity index (χ1) is 21.3. The van der Waals surface area contributed by atoms with Crippen LogP contribution in [0, 0.1) is 0 Å². The Balaban J connectivity index is 1.26. The summed E-state index contributed by atoms with van der Waals surface area (Å²) in [5.74, 6) is 0. The van der Waals surface area contributed by atoms with Crippen molar-refractivity contribution < 1.29 is 0 Å². The lowest BCUT2D eigenvalue weighted by Gasteiger charge is -2.18. The molecule has 1 heteroatoms. The van der Waals surface area contributed by atoms with Crippen LogP contribution in [-0.4, -0.2) is 4.98 Å². The quantitative estimate of drug-likeness (QED) is 0.213. The zero-order valence-electron chi connectivity index (χ0n) is 23.5. The summed E-state index contributed by atoms with van der Waals surface area (Å²) in [6.07, 6.45) is 0. The highest BCUT2D eigenvalue weighted by Crippen LogP contribution is 2.44. The molecular weight excluding hydrogens is 518 g/mol. The second-order valence-corrected chi connectivity index (χ2v) is 11.4. The maximum Gasteiger partial charge on any atom is 0.0544 e. The van der Waals surface area contributed by atoms with E-state index in [1.54, 1.807) is 0 Å². The van der Waals surface area contributed by atoms with Gasteiger partial charge in [0.2, 0.25) is 0 Å². The second-order valence-electron chi connectivity index (χ2n) is 11.4. The summed E-state index contributed by atoms with van der Waals surface area (Å²) in [5.41, 5.74) is 9.86. The maximum atomic E-state index is 3.70. The van der Waals surface area contributed by atoms with Crippen LogP contribution in [0.2, 0.25) is 0 Å². The molecule has 0 aliphatic carbocycles. The Hall–Kier alpha value is -5.66. The average molecular weight is 546 g/mol. The van der Waals surface area contributed by atoms with E-state index in [1.165, 1.54) is 87.5 Å². The van der Waals surface area contributed by atoms with Gasteiger partial charge in [0, 0.05) is 21.7 Å². The summed E-state index contributed by atoms with van der Waals surface area (Å²) in [4.78, 5) is 3.70. The molecule has 0 spiro atoms. The number of aromatic nitrogens is 1. The van der Waals surface area contributed by atoms with Gasteiger partial charge in [-0.05, 0) is 78.5 Å². The number of fused-ring (bicyclic) bond motifs is 7. The predicted octanol–water partition coefficient (Wildman–Crippen LogP) is 11.8. The topological polar surface area (TPSA) is 15.8 Å². The SMILES string of the molecule is c1ccc(-c2c3ccccc3c(-c3cccc(-c4ccc5[nH]c6c7ccccc7ccc6c5c4)c3)c3ccccc23)cc1. The van der Waals surface area contributed by atoms with Crippen LogP contribution in [0.5, 0.6) is 0 Å². The molecule has 0 saturated carbocycles. The van der Waals surface area contributed by atoms with Crippen molar-refractivity contribution in [3.8, 4) is 33.4 Å². The summed E-state index contributed by atoms with van der Waals surface area (Å²) in [6, 6.07) is 57.5. The Morgan fingerprint density at radius 3 is 1.58 bits per heavy atom. The van der Waals surface area contributed by atoms with Crippen LogP contribution in [-0.2, 0) is 0 Å².